The van der Waals surface area contributed by atoms with Gasteiger partial charge in [-0.1, -0.05) is 0 Å². The summed E-state index contributed by atoms with van der Waals surface area (Å²) in [5.74, 6) is 0. The average Bonchev–Trinajstić information content (AvgIpc) is 1.88. The topological polar surface area (TPSA) is 24.7 Å². The van der Waals surface area contributed by atoms with Gasteiger partial charge in [-0.25, -0.2) is 0 Å². The molecule has 0 saturated heterocycles. The van der Waals surface area contributed by atoms with Crippen molar-refractivity contribution in [1.29, 1.82) is 0 Å². The second-order valence-electron chi connectivity index (χ2n) is 1.70. The van der Waals surface area contributed by atoms with E-state index in [9.17, 15) is 0 Å². The zero-order valence-electron chi connectivity index (χ0n) is 6.70. The molecule has 7 heteroatoms. The fourth-order valence-corrected chi connectivity index (χ4v) is 1.17. The summed E-state index contributed by atoms with van der Waals surface area (Å²) in [5, 5.41) is 0. The van der Waals surface area contributed by atoms with E-state index in [0.29, 0.717) is 8.58 Å². The summed E-state index contributed by atoms with van der Waals surface area (Å²) in [4.78, 5) is 7.36. The third-order valence-electron chi connectivity index (χ3n) is 0.824. The van der Waals surface area contributed by atoms with Crippen LogP contribution in [0.2, 0.25) is 0 Å². The van der Waals surface area contributed by atoms with Gasteiger partial charge in [0.15, 0.2) is 0 Å². The van der Waals surface area contributed by atoms with Crippen LogP contribution in [-0.2, 0) is 32.7 Å². The SMILES string of the molecule is [B][B]/N=C(\C)P/C(C)=N/[B].[Y]. The van der Waals surface area contributed by atoms with Crippen LogP contribution in [0.25, 0.3) is 0 Å². The predicted molar refractivity (Wildman–Crippen MR) is 51.8 cm³/mol. The van der Waals surface area contributed by atoms with Crippen LogP contribution in [0, 0.1) is 0 Å². The van der Waals surface area contributed by atoms with Gasteiger partial charge < -0.3 is 9.81 Å². The molecule has 1 atom stereocenters. The van der Waals surface area contributed by atoms with Crippen molar-refractivity contribution >= 4 is 42.5 Å². The largest absolute Gasteiger partial charge is 0.364 e. The van der Waals surface area contributed by atoms with E-state index in [4.69, 9.17) is 15.7 Å². The van der Waals surface area contributed by atoms with E-state index >= 15 is 0 Å². The molecule has 0 aliphatic rings. The smallest absolute Gasteiger partial charge is 0.259 e. The minimum Gasteiger partial charge on any atom is -0.364 e. The minimum absolute atomic E-state index is 0. The van der Waals surface area contributed by atoms with E-state index in [1.54, 1.807) is 0 Å². The van der Waals surface area contributed by atoms with Crippen LogP contribution in [0.1, 0.15) is 13.8 Å². The molecule has 0 aromatic rings. The van der Waals surface area contributed by atoms with Crippen molar-refractivity contribution in [2.45, 2.75) is 13.8 Å². The standard InChI is InChI=1S/C4H7B3N2P.Y/c1-3(8-6)10-4(2)9-7-5;/h10H,1-2H3;/b8-3+,9-4+;. The van der Waals surface area contributed by atoms with Gasteiger partial charge in [0.25, 0.3) is 7.98 Å². The second-order valence-corrected chi connectivity index (χ2v) is 3.40. The van der Waals surface area contributed by atoms with E-state index in [2.05, 4.69) is 9.81 Å². The summed E-state index contributed by atoms with van der Waals surface area (Å²) < 4.78 is 0. The molecule has 0 aliphatic carbocycles. The Morgan fingerprint density at radius 3 is 2.27 bits per heavy atom. The van der Waals surface area contributed by atoms with Gasteiger partial charge in [0, 0.05) is 51.4 Å². The van der Waals surface area contributed by atoms with E-state index in [-0.39, 0.29) is 32.7 Å². The first-order chi connectivity index (χ1) is 4.70. The van der Waals surface area contributed by atoms with Crippen molar-refractivity contribution in [2.24, 2.45) is 9.81 Å². The van der Waals surface area contributed by atoms with Crippen LogP contribution in [0.5, 0.6) is 0 Å². The second kappa shape index (κ2) is 9.16. The number of nitrogens with zero attached hydrogens (tertiary/aromatic N) is 2. The molecule has 2 nitrogen and oxygen atoms in total. The van der Waals surface area contributed by atoms with Gasteiger partial charge in [0.1, 0.15) is 0 Å². The van der Waals surface area contributed by atoms with Crippen molar-refractivity contribution in [3.05, 3.63) is 0 Å². The maximum atomic E-state index is 5.07. The molecule has 0 amide bonds. The first kappa shape index (κ1) is 14.6. The molecule has 0 spiro atoms. The van der Waals surface area contributed by atoms with Crippen LogP contribution < -0.4 is 0 Å². The molecular formula is C4H7B3N2PY. The molecule has 1 unspecified atom stereocenters. The molecule has 11 heavy (non-hydrogen) atoms. The Kier molecular flexibility index (Phi) is 12.1. The Morgan fingerprint density at radius 1 is 1.36 bits per heavy atom. The van der Waals surface area contributed by atoms with Gasteiger partial charge in [0.2, 0.25) is 7.31 Å². The normalized spacial score (nSPS) is 13.3. The molecular weight excluding hydrogens is 228 g/mol. The van der Waals surface area contributed by atoms with E-state index in [1.807, 2.05) is 13.8 Å². The summed E-state index contributed by atoms with van der Waals surface area (Å²) in [5.41, 5.74) is 1.82. The van der Waals surface area contributed by atoms with Gasteiger partial charge in [-0.15, -0.1) is 0 Å². The minimum atomic E-state index is 0. The van der Waals surface area contributed by atoms with E-state index in [1.165, 1.54) is 7.31 Å². The van der Waals surface area contributed by atoms with Crippen LogP contribution >= 0.6 is 8.58 Å². The van der Waals surface area contributed by atoms with Crippen molar-refractivity contribution in [1.82, 2.24) is 0 Å². The molecule has 6 radical (unpaired) electrons. The molecule has 0 heterocycles. The molecule has 0 bridgehead atoms. The Labute approximate surface area is 98.2 Å². The van der Waals surface area contributed by atoms with Gasteiger partial charge in [-0.3, -0.25) is 0 Å². The summed E-state index contributed by atoms with van der Waals surface area (Å²) in [6, 6.07) is 0. The Morgan fingerprint density at radius 2 is 1.91 bits per heavy atom. The number of hydrogen-bond donors (Lipinski definition) is 0. The van der Waals surface area contributed by atoms with E-state index < -0.39 is 0 Å². The third-order valence-corrected chi connectivity index (χ3v) is 1.81. The summed E-state index contributed by atoms with van der Waals surface area (Å²) in [6.45, 7) is 3.74. The van der Waals surface area contributed by atoms with Crippen LogP contribution in [0.4, 0.5) is 0 Å². The summed E-state index contributed by atoms with van der Waals surface area (Å²) in [7, 11) is 11.8. The first-order valence-electron chi connectivity index (χ1n) is 2.80. The Bertz CT molecular complexity index is 161. The molecule has 0 aromatic carbocycles. The molecule has 50 valence electrons. The van der Waals surface area contributed by atoms with Crippen molar-refractivity contribution < 1.29 is 32.7 Å². The van der Waals surface area contributed by atoms with E-state index in [0.717, 1.165) is 10.9 Å². The van der Waals surface area contributed by atoms with Crippen LogP contribution in [-0.4, -0.2) is 33.9 Å². The maximum absolute atomic E-state index is 5.07. The zero-order valence-corrected chi connectivity index (χ0v) is 10.5. The molecule has 0 aromatic heterocycles. The molecule has 0 N–H and O–H groups in total. The summed E-state index contributed by atoms with van der Waals surface area (Å²) >= 11 is 0. The number of rotatable bonds is 3. The average molecular weight is 235 g/mol. The van der Waals surface area contributed by atoms with Crippen LogP contribution in [0.3, 0.4) is 0 Å². The van der Waals surface area contributed by atoms with Gasteiger partial charge >= 0.3 is 0 Å². The monoisotopic (exact) mass is 236 g/mol. The van der Waals surface area contributed by atoms with Gasteiger partial charge in [-0.05, 0) is 22.4 Å². The third kappa shape index (κ3) is 8.98. The van der Waals surface area contributed by atoms with Crippen molar-refractivity contribution in [2.75, 3.05) is 0 Å². The van der Waals surface area contributed by atoms with Crippen LogP contribution in [0.15, 0.2) is 9.81 Å². The maximum Gasteiger partial charge on any atom is 0.259 e. The Balaban J connectivity index is 0. The summed E-state index contributed by atoms with van der Waals surface area (Å²) in [6.07, 6.45) is 0. The van der Waals surface area contributed by atoms with Gasteiger partial charge in [-0.2, -0.15) is 0 Å². The predicted octanol–water partition coefficient (Wildman–Crippen LogP) is 0.285. The molecule has 0 rings (SSSR count). The van der Waals surface area contributed by atoms with Crippen molar-refractivity contribution in [3.63, 3.8) is 0 Å². The molecule has 0 saturated carbocycles. The fraction of sp³-hybridized carbons (Fsp3) is 0.500. The quantitative estimate of drug-likeness (QED) is 0.381. The first-order valence-corrected chi connectivity index (χ1v) is 3.80. The number of hydrogen-bond acceptors (Lipinski definition) is 2. The van der Waals surface area contributed by atoms with Gasteiger partial charge in [0.05, 0.1) is 0 Å². The Hall–Kier alpha value is 1.07. The zero-order chi connectivity index (χ0) is 7.98. The van der Waals surface area contributed by atoms with Crippen molar-refractivity contribution in [3.8, 4) is 0 Å². The molecule has 0 aliphatic heterocycles. The fourth-order valence-electron chi connectivity index (χ4n) is 0.438. The molecule has 0 fully saturated rings.